The molecule has 0 aliphatic carbocycles. The van der Waals surface area contributed by atoms with Crippen molar-refractivity contribution in [2.75, 3.05) is 13.2 Å². The summed E-state index contributed by atoms with van der Waals surface area (Å²) in [6.07, 6.45) is 86.5. The summed E-state index contributed by atoms with van der Waals surface area (Å²) in [5.74, 6) is -0.0639. The number of carbonyl (C=O) groups is 2. The van der Waals surface area contributed by atoms with Crippen LogP contribution in [0, 0.1) is 0 Å². The van der Waals surface area contributed by atoms with Crippen molar-refractivity contribution in [3.8, 4) is 0 Å². The molecule has 0 rings (SSSR count). The Kier molecular flexibility index (Phi) is 65.9. The summed E-state index contributed by atoms with van der Waals surface area (Å²) in [4.78, 5) is 24.6. The van der Waals surface area contributed by atoms with E-state index in [1.807, 2.05) is 6.08 Å². The number of amides is 1. The van der Waals surface area contributed by atoms with Gasteiger partial charge < -0.3 is 20.3 Å². The molecule has 0 aliphatic rings. The zero-order chi connectivity index (χ0) is 56.4. The molecule has 78 heavy (non-hydrogen) atoms. The lowest BCUT2D eigenvalue weighted by atomic mass is 10.0. The van der Waals surface area contributed by atoms with Crippen LogP contribution >= 0.6 is 0 Å². The van der Waals surface area contributed by atoms with Gasteiger partial charge in [-0.2, -0.15) is 0 Å². The fraction of sp³-hybridized carbons (Fsp3) is 0.889. The lowest BCUT2D eigenvalue weighted by Crippen LogP contribution is -2.45. The van der Waals surface area contributed by atoms with Crippen LogP contribution in [-0.2, 0) is 14.3 Å². The Morgan fingerprint density at radius 3 is 0.936 bits per heavy atom. The molecule has 1 amide bonds. The van der Waals surface area contributed by atoms with Crippen LogP contribution in [0.25, 0.3) is 0 Å². The Morgan fingerprint density at radius 2 is 0.603 bits per heavy atom. The molecular formula is C72H137NO5. The van der Waals surface area contributed by atoms with E-state index in [-0.39, 0.29) is 18.5 Å². The summed E-state index contributed by atoms with van der Waals surface area (Å²) in [5, 5.41) is 23.3. The SMILES string of the molecule is CCCCC/C=C\CCCCCCCC(=O)OCCCCCCCCCCCCCC/C=C\CCCCCCCCCCCC(=O)NC(CO)C(O)/C=C/CCCCCCCCCCCCCCCCCCCCCCCC. The van der Waals surface area contributed by atoms with E-state index < -0.39 is 12.1 Å². The van der Waals surface area contributed by atoms with Crippen molar-refractivity contribution < 1.29 is 24.5 Å². The first-order valence-electron chi connectivity index (χ1n) is 35.3. The molecule has 6 nitrogen and oxygen atoms in total. The van der Waals surface area contributed by atoms with Crippen LogP contribution in [0.4, 0.5) is 0 Å². The van der Waals surface area contributed by atoms with Gasteiger partial charge in [0, 0.05) is 12.8 Å². The van der Waals surface area contributed by atoms with Crippen molar-refractivity contribution in [1.82, 2.24) is 5.32 Å². The van der Waals surface area contributed by atoms with Gasteiger partial charge in [0.15, 0.2) is 0 Å². The summed E-state index contributed by atoms with van der Waals surface area (Å²) < 4.78 is 5.47. The lowest BCUT2D eigenvalue weighted by molar-refractivity contribution is -0.143. The maximum atomic E-state index is 12.5. The van der Waals surface area contributed by atoms with Gasteiger partial charge in [-0.25, -0.2) is 0 Å². The number of aliphatic hydroxyl groups excluding tert-OH is 2. The van der Waals surface area contributed by atoms with E-state index in [4.69, 9.17) is 4.74 Å². The second-order valence-electron chi connectivity index (χ2n) is 24.2. The second kappa shape index (κ2) is 67.6. The average molecular weight is 1100 g/mol. The Morgan fingerprint density at radius 1 is 0.346 bits per heavy atom. The van der Waals surface area contributed by atoms with Crippen LogP contribution in [-0.4, -0.2) is 47.4 Å². The van der Waals surface area contributed by atoms with Gasteiger partial charge in [0.1, 0.15) is 0 Å². The topological polar surface area (TPSA) is 95.9 Å². The zero-order valence-electron chi connectivity index (χ0n) is 52.7. The van der Waals surface area contributed by atoms with Crippen LogP contribution in [0.5, 0.6) is 0 Å². The average Bonchev–Trinajstić information content (AvgIpc) is 3.44. The Bertz CT molecular complexity index is 1260. The predicted octanol–water partition coefficient (Wildman–Crippen LogP) is 22.7. The molecule has 0 fully saturated rings. The summed E-state index contributed by atoms with van der Waals surface area (Å²) >= 11 is 0. The van der Waals surface area contributed by atoms with Crippen molar-refractivity contribution in [1.29, 1.82) is 0 Å². The van der Waals surface area contributed by atoms with Gasteiger partial charge in [0.05, 0.1) is 25.4 Å². The molecular weight excluding hydrogens is 959 g/mol. The van der Waals surface area contributed by atoms with Gasteiger partial charge in [-0.1, -0.05) is 326 Å². The van der Waals surface area contributed by atoms with Crippen molar-refractivity contribution in [3.05, 3.63) is 36.5 Å². The third kappa shape index (κ3) is 63.3. The first kappa shape index (κ1) is 76.1. The number of ether oxygens (including phenoxy) is 1. The molecule has 0 aromatic carbocycles. The number of hydrogen-bond acceptors (Lipinski definition) is 5. The van der Waals surface area contributed by atoms with E-state index in [0.717, 1.165) is 44.9 Å². The summed E-state index contributed by atoms with van der Waals surface area (Å²) in [7, 11) is 0. The monoisotopic (exact) mass is 1100 g/mol. The molecule has 0 radical (unpaired) electrons. The number of unbranched alkanes of at least 4 members (excludes halogenated alkanes) is 51. The van der Waals surface area contributed by atoms with Gasteiger partial charge >= 0.3 is 5.97 Å². The zero-order valence-corrected chi connectivity index (χ0v) is 52.7. The van der Waals surface area contributed by atoms with Gasteiger partial charge in [0.25, 0.3) is 0 Å². The van der Waals surface area contributed by atoms with Gasteiger partial charge in [-0.3, -0.25) is 9.59 Å². The highest BCUT2D eigenvalue weighted by atomic mass is 16.5. The van der Waals surface area contributed by atoms with Crippen molar-refractivity contribution in [2.45, 2.75) is 398 Å². The second-order valence-corrected chi connectivity index (χ2v) is 24.2. The van der Waals surface area contributed by atoms with Crippen LogP contribution in [0.15, 0.2) is 36.5 Å². The molecule has 0 bridgehead atoms. The number of nitrogens with one attached hydrogen (secondary N) is 1. The van der Waals surface area contributed by atoms with Gasteiger partial charge in [-0.05, 0) is 83.5 Å². The van der Waals surface area contributed by atoms with Crippen LogP contribution in [0.2, 0.25) is 0 Å². The largest absolute Gasteiger partial charge is 0.466 e. The molecule has 0 spiro atoms. The molecule has 2 unspecified atom stereocenters. The fourth-order valence-corrected chi connectivity index (χ4v) is 11.0. The quantitative estimate of drug-likeness (QED) is 0.0320. The summed E-state index contributed by atoms with van der Waals surface area (Å²) in [6, 6.07) is -0.632. The van der Waals surface area contributed by atoms with Crippen molar-refractivity contribution >= 4 is 11.9 Å². The van der Waals surface area contributed by atoms with Gasteiger partial charge in [0.2, 0.25) is 5.91 Å². The molecule has 6 heteroatoms. The summed E-state index contributed by atoms with van der Waals surface area (Å²) in [6.45, 7) is 4.91. The van der Waals surface area contributed by atoms with Crippen molar-refractivity contribution in [3.63, 3.8) is 0 Å². The first-order valence-corrected chi connectivity index (χ1v) is 35.3. The third-order valence-corrected chi connectivity index (χ3v) is 16.4. The lowest BCUT2D eigenvalue weighted by Gasteiger charge is -2.20. The molecule has 3 N–H and O–H groups in total. The molecule has 0 aromatic rings. The smallest absolute Gasteiger partial charge is 0.305 e. The molecule has 460 valence electrons. The highest BCUT2D eigenvalue weighted by Crippen LogP contribution is 2.18. The first-order chi connectivity index (χ1) is 38.5. The van der Waals surface area contributed by atoms with Crippen LogP contribution < -0.4 is 5.32 Å². The molecule has 2 atom stereocenters. The summed E-state index contributed by atoms with van der Waals surface area (Å²) in [5.41, 5.74) is 0. The molecule has 0 aromatic heterocycles. The van der Waals surface area contributed by atoms with E-state index in [1.54, 1.807) is 6.08 Å². The number of carbonyl (C=O) groups excluding carboxylic acids is 2. The minimum atomic E-state index is -0.848. The number of hydrogen-bond donors (Lipinski definition) is 3. The maximum absolute atomic E-state index is 12.5. The number of esters is 1. The predicted molar refractivity (Wildman–Crippen MR) is 343 cm³/mol. The van der Waals surface area contributed by atoms with Crippen molar-refractivity contribution in [2.24, 2.45) is 0 Å². The molecule has 0 saturated carbocycles. The van der Waals surface area contributed by atoms with Crippen LogP contribution in [0.3, 0.4) is 0 Å². The van der Waals surface area contributed by atoms with E-state index in [0.29, 0.717) is 19.4 Å². The Hall–Kier alpha value is -1.92. The van der Waals surface area contributed by atoms with E-state index >= 15 is 0 Å². The van der Waals surface area contributed by atoms with Gasteiger partial charge in [-0.15, -0.1) is 0 Å². The molecule has 0 saturated heterocycles. The number of allylic oxidation sites excluding steroid dienone is 5. The minimum absolute atomic E-state index is 0.00330. The standard InChI is InChI=1S/C72H137NO5/c1-3-5-7-9-11-13-15-17-18-19-20-21-22-26-29-32-35-38-41-44-48-52-56-60-64-70(75)69(68-74)73-71(76)65-61-57-53-49-45-42-39-36-33-30-27-24-23-25-28-31-34-37-40-43-47-51-55-59-63-67-78-72(77)66-62-58-54-50-46-16-14-12-10-8-6-4-2/h12,14,24,27,60,64,69-70,74-75H,3-11,13,15-23,25-26,28-59,61-63,65-68H2,1-2H3,(H,73,76)/b14-12-,27-24-,64-60+. The number of aliphatic hydroxyl groups is 2. The minimum Gasteiger partial charge on any atom is -0.466 e. The normalized spacial score (nSPS) is 12.7. The highest BCUT2D eigenvalue weighted by molar-refractivity contribution is 5.76. The van der Waals surface area contributed by atoms with E-state index in [9.17, 15) is 19.8 Å². The Labute approximate surface area is 487 Å². The fourth-order valence-electron chi connectivity index (χ4n) is 11.0. The molecule has 0 heterocycles. The van der Waals surface area contributed by atoms with E-state index in [2.05, 4.69) is 43.5 Å². The maximum Gasteiger partial charge on any atom is 0.305 e. The molecule has 0 aliphatic heterocycles. The highest BCUT2D eigenvalue weighted by Gasteiger charge is 2.18. The third-order valence-electron chi connectivity index (χ3n) is 16.4. The van der Waals surface area contributed by atoms with Crippen LogP contribution in [0.1, 0.15) is 386 Å². The number of rotatable bonds is 66. The van der Waals surface area contributed by atoms with E-state index in [1.165, 1.54) is 315 Å². The Balaban J connectivity index is 3.43.